The molecular formula is C22H30N4O. The normalized spacial score (nSPS) is 17.3. The third-order valence-electron chi connectivity index (χ3n) is 5.17. The Morgan fingerprint density at radius 1 is 1.26 bits per heavy atom. The molecule has 1 aliphatic rings. The zero-order valence-corrected chi connectivity index (χ0v) is 16.4. The number of aromatic nitrogens is 1. The number of carbonyl (C=O) groups excluding carboxylic acids is 1. The second-order valence-corrected chi connectivity index (χ2v) is 7.07. The van der Waals surface area contributed by atoms with Gasteiger partial charge in [-0.15, -0.1) is 0 Å². The highest BCUT2D eigenvalue weighted by Gasteiger charge is 2.28. The smallest absolute Gasteiger partial charge is 0.254 e. The number of carbonyl (C=O) groups is 1. The zero-order chi connectivity index (χ0) is 19.1. The number of piperazine rings is 1. The number of amides is 1. The molecule has 0 saturated carbocycles. The van der Waals surface area contributed by atoms with Gasteiger partial charge in [-0.3, -0.25) is 14.7 Å². The monoisotopic (exact) mass is 366 g/mol. The summed E-state index contributed by atoms with van der Waals surface area (Å²) < 4.78 is 0. The van der Waals surface area contributed by atoms with Gasteiger partial charge in [0.1, 0.15) is 0 Å². The molecule has 144 valence electrons. The van der Waals surface area contributed by atoms with Crippen molar-refractivity contribution in [2.24, 2.45) is 0 Å². The van der Waals surface area contributed by atoms with Gasteiger partial charge in [0, 0.05) is 44.1 Å². The van der Waals surface area contributed by atoms with Crippen molar-refractivity contribution in [3.63, 3.8) is 0 Å². The summed E-state index contributed by atoms with van der Waals surface area (Å²) in [5, 5.41) is 3.39. The maximum absolute atomic E-state index is 13.1. The second-order valence-electron chi connectivity index (χ2n) is 7.07. The molecule has 0 aliphatic carbocycles. The highest BCUT2D eigenvalue weighted by molar-refractivity contribution is 5.94. The van der Waals surface area contributed by atoms with Crippen LogP contribution >= 0.6 is 0 Å². The summed E-state index contributed by atoms with van der Waals surface area (Å²) >= 11 is 0. The van der Waals surface area contributed by atoms with Gasteiger partial charge in [-0.1, -0.05) is 32.0 Å². The molecule has 0 radical (unpaired) electrons. The lowest BCUT2D eigenvalue weighted by Gasteiger charge is -2.36. The van der Waals surface area contributed by atoms with Gasteiger partial charge in [0.25, 0.3) is 5.91 Å². The number of pyridine rings is 1. The molecule has 27 heavy (non-hydrogen) atoms. The lowest BCUT2D eigenvalue weighted by Crippen LogP contribution is -2.48. The Bertz CT molecular complexity index is 717. The molecule has 1 aliphatic heterocycles. The van der Waals surface area contributed by atoms with Crippen LogP contribution in [-0.4, -0.2) is 53.4 Å². The number of rotatable bonds is 7. The predicted molar refractivity (Wildman–Crippen MR) is 109 cm³/mol. The third kappa shape index (κ3) is 4.93. The quantitative estimate of drug-likeness (QED) is 0.818. The van der Waals surface area contributed by atoms with Crippen molar-refractivity contribution in [2.75, 3.05) is 32.7 Å². The van der Waals surface area contributed by atoms with E-state index in [0.717, 1.165) is 50.3 Å². The van der Waals surface area contributed by atoms with Gasteiger partial charge in [0.05, 0.1) is 6.04 Å². The van der Waals surface area contributed by atoms with Crippen LogP contribution in [0, 0.1) is 0 Å². The predicted octanol–water partition coefficient (Wildman–Crippen LogP) is 3.10. The van der Waals surface area contributed by atoms with Crippen molar-refractivity contribution in [3.8, 4) is 0 Å². The van der Waals surface area contributed by atoms with Crippen molar-refractivity contribution >= 4 is 5.91 Å². The highest BCUT2D eigenvalue weighted by atomic mass is 16.2. The summed E-state index contributed by atoms with van der Waals surface area (Å²) in [4.78, 5) is 21.8. The number of nitrogens with zero attached hydrogens (tertiary/aromatic N) is 3. The molecule has 2 heterocycles. The first kappa shape index (κ1) is 19.5. The highest BCUT2D eigenvalue weighted by Crippen LogP contribution is 2.23. The Morgan fingerprint density at radius 2 is 2.07 bits per heavy atom. The third-order valence-corrected chi connectivity index (χ3v) is 5.17. The van der Waals surface area contributed by atoms with Crippen LogP contribution in [0.1, 0.15) is 47.8 Å². The fourth-order valence-electron chi connectivity index (χ4n) is 3.66. The zero-order valence-electron chi connectivity index (χ0n) is 16.4. The Labute approximate surface area is 162 Å². The van der Waals surface area contributed by atoms with Crippen LogP contribution in [0.4, 0.5) is 0 Å². The van der Waals surface area contributed by atoms with Crippen LogP contribution in [0.2, 0.25) is 0 Å². The van der Waals surface area contributed by atoms with E-state index in [1.165, 1.54) is 5.56 Å². The van der Waals surface area contributed by atoms with E-state index in [1.807, 2.05) is 35.4 Å². The Balaban J connectivity index is 1.72. The van der Waals surface area contributed by atoms with Crippen LogP contribution in [0.5, 0.6) is 0 Å². The van der Waals surface area contributed by atoms with Crippen LogP contribution in [0.15, 0.2) is 48.8 Å². The Morgan fingerprint density at radius 3 is 2.74 bits per heavy atom. The molecule has 5 nitrogen and oxygen atoms in total. The molecule has 1 atom stereocenters. The minimum atomic E-state index is 0.0276. The van der Waals surface area contributed by atoms with Gasteiger partial charge in [-0.05, 0) is 48.8 Å². The van der Waals surface area contributed by atoms with Crippen LogP contribution < -0.4 is 5.32 Å². The van der Waals surface area contributed by atoms with Gasteiger partial charge in [0.2, 0.25) is 0 Å². The van der Waals surface area contributed by atoms with Crippen molar-refractivity contribution in [1.29, 1.82) is 0 Å². The lowest BCUT2D eigenvalue weighted by molar-refractivity contribution is 0.0634. The van der Waals surface area contributed by atoms with Crippen molar-refractivity contribution in [2.45, 2.75) is 32.9 Å². The molecule has 5 heteroatoms. The average Bonchev–Trinajstić information content (AvgIpc) is 2.74. The Kier molecular flexibility index (Phi) is 6.96. The van der Waals surface area contributed by atoms with Gasteiger partial charge in [-0.25, -0.2) is 0 Å². The molecule has 0 bridgehead atoms. The minimum Gasteiger partial charge on any atom is -0.329 e. The molecule has 1 fully saturated rings. The largest absolute Gasteiger partial charge is 0.329 e. The van der Waals surface area contributed by atoms with Crippen molar-refractivity contribution < 1.29 is 4.79 Å². The maximum atomic E-state index is 13.1. The number of nitrogens with one attached hydrogen (secondary N) is 1. The summed E-state index contributed by atoms with van der Waals surface area (Å²) in [6, 6.07) is 12.1. The Hall–Kier alpha value is -2.24. The van der Waals surface area contributed by atoms with E-state index in [-0.39, 0.29) is 11.9 Å². The molecule has 1 saturated heterocycles. The summed E-state index contributed by atoms with van der Waals surface area (Å²) in [6.45, 7) is 9.77. The van der Waals surface area contributed by atoms with Gasteiger partial charge in [0.15, 0.2) is 0 Å². The molecule has 1 amide bonds. The standard InChI is InChI=1S/C22H30N4O/c1-3-13-25(4-2)17-18-7-9-19(10-8-18)22(27)26-14-12-24-16-21(26)20-6-5-11-23-15-20/h5-11,15,21,24H,3-4,12-14,16-17H2,1-2H3. The molecule has 1 unspecified atom stereocenters. The molecule has 1 aromatic carbocycles. The van der Waals surface area contributed by atoms with Crippen LogP contribution in [0.25, 0.3) is 0 Å². The van der Waals surface area contributed by atoms with Crippen LogP contribution in [0.3, 0.4) is 0 Å². The second kappa shape index (κ2) is 9.62. The maximum Gasteiger partial charge on any atom is 0.254 e. The number of hydrogen-bond acceptors (Lipinski definition) is 4. The molecule has 1 aromatic heterocycles. The fourth-order valence-corrected chi connectivity index (χ4v) is 3.66. The van der Waals surface area contributed by atoms with Gasteiger partial charge >= 0.3 is 0 Å². The molecule has 0 spiro atoms. The van der Waals surface area contributed by atoms with E-state index < -0.39 is 0 Å². The van der Waals surface area contributed by atoms with E-state index in [1.54, 1.807) is 6.20 Å². The first-order chi connectivity index (χ1) is 13.2. The fraction of sp³-hybridized carbons (Fsp3) is 0.455. The summed E-state index contributed by atoms with van der Waals surface area (Å²) in [5.41, 5.74) is 3.09. The lowest BCUT2D eigenvalue weighted by atomic mass is 10.0. The number of hydrogen-bond donors (Lipinski definition) is 1. The number of benzene rings is 1. The average molecular weight is 367 g/mol. The van der Waals surface area contributed by atoms with E-state index in [4.69, 9.17) is 0 Å². The van der Waals surface area contributed by atoms with Gasteiger partial charge < -0.3 is 10.2 Å². The molecule has 1 N–H and O–H groups in total. The molecule has 3 rings (SSSR count). The first-order valence-electron chi connectivity index (χ1n) is 9.95. The van der Waals surface area contributed by atoms with Gasteiger partial charge in [-0.2, -0.15) is 0 Å². The van der Waals surface area contributed by atoms with E-state index in [9.17, 15) is 4.79 Å². The summed E-state index contributed by atoms with van der Waals surface area (Å²) in [7, 11) is 0. The summed E-state index contributed by atoms with van der Waals surface area (Å²) in [6.07, 6.45) is 4.78. The SMILES string of the molecule is CCCN(CC)Cc1ccc(C(=O)N2CCNCC2c2cccnc2)cc1. The summed E-state index contributed by atoms with van der Waals surface area (Å²) in [5.74, 6) is 0.0952. The van der Waals surface area contributed by atoms with E-state index in [0.29, 0.717) is 6.54 Å². The van der Waals surface area contributed by atoms with Crippen molar-refractivity contribution in [3.05, 3.63) is 65.5 Å². The molecule has 2 aromatic rings. The topological polar surface area (TPSA) is 48.5 Å². The van der Waals surface area contributed by atoms with E-state index in [2.05, 4.69) is 41.2 Å². The van der Waals surface area contributed by atoms with E-state index >= 15 is 0 Å². The minimum absolute atomic E-state index is 0.0276. The van der Waals surface area contributed by atoms with Crippen molar-refractivity contribution in [1.82, 2.24) is 20.1 Å². The molecular weight excluding hydrogens is 336 g/mol. The first-order valence-corrected chi connectivity index (χ1v) is 9.95. The van der Waals surface area contributed by atoms with Crippen LogP contribution in [-0.2, 0) is 6.54 Å².